The van der Waals surface area contributed by atoms with E-state index in [1.807, 2.05) is 25.1 Å². The molecule has 2 N–H and O–H groups in total. The zero-order valence-electron chi connectivity index (χ0n) is 18.0. The van der Waals surface area contributed by atoms with Gasteiger partial charge in [0.15, 0.2) is 0 Å². The van der Waals surface area contributed by atoms with Gasteiger partial charge in [-0.1, -0.05) is 37.3 Å². The first-order valence-electron chi connectivity index (χ1n) is 10.8. The lowest BCUT2D eigenvalue weighted by Crippen LogP contribution is -2.19. The molecule has 5 heteroatoms. The molecule has 1 aromatic rings. The molecule has 1 saturated carbocycles. The zero-order chi connectivity index (χ0) is 21.7. The molecule has 6 atom stereocenters. The van der Waals surface area contributed by atoms with Gasteiger partial charge in [-0.2, -0.15) is 0 Å². The van der Waals surface area contributed by atoms with E-state index in [4.69, 9.17) is 9.47 Å². The van der Waals surface area contributed by atoms with E-state index in [2.05, 4.69) is 17.9 Å². The maximum atomic E-state index is 11.4. The van der Waals surface area contributed by atoms with Gasteiger partial charge in [-0.25, -0.2) is 0 Å². The molecule has 5 nitrogen and oxygen atoms in total. The van der Waals surface area contributed by atoms with Crippen LogP contribution >= 0.6 is 0 Å². The molecule has 1 aromatic carbocycles. The van der Waals surface area contributed by atoms with E-state index >= 15 is 0 Å². The summed E-state index contributed by atoms with van der Waals surface area (Å²) in [5.74, 6) is 6.58. The third-order valence-electron chi connectivity index (χ3n) is 6.26. The molecule has 3 rings (SSSR count). The van der Waals surface area contributed by atoms with Crippen LogP contribution < -0.4 is 4.74 Å². The highest BCUT2D eigenvalue weighted by molar-refractivity contribution is 5.69. The summed E-state index contributed by atoms with van der Waals surface area (Å²) in [7, 11) is 1.40. The number of aryl methyl sites for hydroxylation is 1. The summed E-state index contributed by atoms with van der Waals surface area (Å²) in [5, 5.41) is 21.1. The molecule has 0 aromatic heterocycles. The Hall–Kier alpha value is -2.29. The quantitative estimate of drug-likeness (QED) is 0.389. The fraction of sp³-hybridized carbons (Fsp3) is 0.560. The number of aliphatic hydroxyl groups is 2. The van der Waals surface area contributed by atoms with Gasteiger partial charge in [0, 0.05) is 36.7 Å². The number of ether oxygens (including phenoxy) is 2. The summed E-state index contributed by atoms with van der Waals surface area (Å²) in [6.45, 7) is 3.77. The van der Waals surface area contributed by atoms with E-state index in [1.54, 1.807) is 13.0 Å². The Morgan fingerprint density at radius 2 is 2.23 bits per heavy atom. The van der Waals surface area contributed by atoms with Crippen molar-refractivity contribution in [2.45, 2.75) is 70.2 Å². The Bertz CT molecular complexity index is 834. The van der Waals surface area contributed by atoms with Gasteiger partial charge in [-0.3, -0.25) is 4.79 Å². The van der Waals surface area contributed by atoms with Crippen molar-refractivity contribution in [1.82, 2.24) is 0 Å². The zero-order valence-corrected chi connectivity index (χ0v) is 18.0. The second-order valence-electron chi connectivity index (χ2n) is 8.31. The molecule has 0 bridgehead atoms. The number of para-hydroxylation sites is 1. The highest BCUT2D eigenvalue weighted by Crippen LogP contribution is 2.52. The fourth-order valence-corrected chi connectivity index (χ4v) is 4.51. The molecule has 0 amide bonds. The van der Waals surface area contributed by atoms with Crippen LogP contribution in [-0.2, 0) is 16.0 Å². The van der Waals surface area contributed by atoms with Gasteiger partial charge in [-0.05, 0) is 31.2 Å². The number of esters is 1. The molecule has 1 heterocycles. The Kier molecular flexibility index (Phi) is 7.58. The Morgan fingerprint density at radius 1 is 1.43 bits per heavy atom. The molecule has 2 aliphatic rings. The summed E-state index contributed by atoms with van der Waals surface area (Å²) in [5.41, 5.74) is 2.20. The minimum atomic E-state index is -0.594. The number of hydrogen-bond acceptors (Lipinski definition) is 5. The molecule has 0 spiro atoms. The van der Waals surface area contributed by atoms with Crippen LogP contribution in [0.4, 0.5) is 0 Å². The predicted octanol–water partition coefficient (Wildman–Crippen LogP) is 3.37. The van der Waals surface area contributed by atoms with Gasteiger partial charge in [0.1, 0.15) is 11.9 Å². The summed E-state index contributed by atoms with van der Waals surface area (Å²) >= 11 is 0. The highest BCUT2D eigenvalue weighted by atomic mass is 16.5. The van der Waals surface area contributed by atoms with Gasteiger partial charge < -0.3 is 19.7 Å². The van der Waals surface area contributed by atoms with Crippen molar-refractivity contribution in [2.75, 3.05) is 7.11 Å². The average molecular weight is 413 g/mol. The van der Waals surface area contributed by atoms with Gasteiger partial charge in [-0.15, -0.1) is 11.8 Å². The van der Waals surface area contributed by atoms with Crippen LogP contribution in [0.15, 0.2) is 30.4 Å². The van der Waals surface area contributed by atoms with Crippen LogP contribution in [0.1, 0.15) is 56.6 Å². The van der Waals surface area contributed by atoms with Crippen LogP contribution in [0.3, 0.4) is 0 Å². The lowest BCUT2D eigenvalue weighted by molar-refractivity contribution is -0.140. The number of rotatable bonds is 8. The molecule has 1 aliphatic heterocycles. The van der Waals surface area contributed by atoms with Crippen molar-refractivity contribution in [3.63, 3.8) is 0 Å². The lowest BCUT2D eigenvalue weighted by Gasteiger charge is -2.19. The van der Waals surface area contributed by atoms with Crippen LogP contribution in [0.2, 0.25) is 0 Å². The maximum Gasteiger partial charge on any atom is 0.305 e. The van der Waals surface area contributed by atoms with E-state index < -0.39 is 12.2 Å². The second kappa shape index (κ2) is 10.1. The molecule has 0 radical (unpaired) electrons. The summed E-state index contributed by atoms with van der Waals surface area (Å²) in [4.78, 5) is 11.4. The lowest BCUT2D eigenvalue weighted by atomic mass is 9.86. The van der Waals surface area contributed by atoms with Crippen molar-refractivity contribution < 1.29 is 24.5 Å². The van der Waals surface area contributed by atoms with E-state index in [1.165, 1.54) is 7.11 Å². The van der Waals surface area contributed by atoms with Crippen LogP contribution in [0.5, 0.6) is 5.75 Å². The number of carbonyl (C=O) groups is 1. The van der Waals surface area contributed by atoms with Crippen LogP contribution in [0.25, 0.3) is 0 Å². The van der Waals surface area contributed by atoms with Gasteiger partial charge >= 0.3 is 5.97 Å². The third kappa shape index (κ3) is 4.88. The SMILES string of the molecule is CC#CCC(C)[C@H](O)/C=C/[C@H]1[C@@H]2c3cccc(CCCC(=O)OC)c3O[C@@H]2C[C@@H]1O. The van der Waals surface area contributed by atoms with Crippen molar-refractivity contribution in [2.24, 2.45) is 11.8 Å². The predicted molar refractivity (Wildman–Crippen MR) is 115 cm³/mol. The minimum absolute atomic E-state index is 0.0385. The van der Waals surface area contributed by atoms with Gasteiger partial charge in [0.2, 0.25) is 0 Å². The van der Waals surface area contributed by atoms with Crippen molar-refractivity contribution in [1.29, 1.82) is 0 Å². The Morgan fingerprint density at radius 3 is 2.97 bits per heavy atom. The number of benzene rings is 1. The third-order valence-corrected chi connectivity index (χ3v) is 6.26. The number of methoxy groups -OCH3 is 1. The Labute approximate surface area is 179 Å². The van der Waals surface area contributed by atoms with E-state index in [9.17, 15) is 15.0 Å². The normalized spacial score (nSPS) is 26.3. The van der Waals surface area contributed by atoms with E-state index in [-0.39, 0.29) is 29.8 Å². The molecule has 30 heavy (non-hydrogen) atoms. The van der Waals surface area contributed by atoms with Crippen molar-refractivity contribution >= 4 is 5.97 Å². The molecular formula is C25H32O5. The monoisotopic (exact) mass is 412 g/mol. The minimum Gasteiger partial charge on any atom is -0.489 e. The highest BCUT2D eigenvalue weighted by Gasteiger charge is 2.48. The topological polar surface area (TPSA) is 76.0 Å². The van der Waals surface area contributed by atoms with Gasteiger partial charge in [0.05, 0.1) is 19.3 Å². The first-order chi connectivity index (χ1) is 14.5. The molecule has 1 unspecified atom stereocenters. The number of carbonyl (C=O) groups excluding carboxylic acids is 1. The Balaban J connectivity index is 1.73. The summed E-state index contributed by atoms with van der Waals surface area (Å²) < 4.78 is 11.0. The molecule has 1 fully saturated rings. The van der Waals surface area contributed by atoms with Crippen molar-refractivity contribution in [3.8, 4) is 17.6 Å². The number of aliphatic hydroxyl groups excluding tert-OH is 2. The largest absolute Gasteiger partial charge is 0.489 e. The summed E-state index contributed by atoms with van der Waals surface area (Å²) in [6.07, 6.45) is 5.66. The molecule has 1 aliphatic carbocycles. The van der Waals surface area contributed by atoms with E-state index in [0.717, 1.165) is 23.3 Å². The molecule has 0 saturated heterocycles. The number of hydrogen-bond donors (Lipinski definition) is 2. The first kappa shape index (κ1) is 22.4. The first-order valence-corrected chi connectivity index (χ1v) is 10.8. The van der Waals surface area contributed by atoms with Gasteiger partial charge in [0.25, 0.3) is 0 Å². The molecular weight excluding hydrogens is 380 g/mol. The van der Waals surface area contributed by atoms with E-state index in [0.29, 0.717) is 25.7 Å². The fourth-order valence-electron chi connectivity index (χ4n) is 4.51. The van der Waals surface area contributed by atoms with Crippen LogP contribution in [-0.4, -0.2) is 41.6 Å². The molecule has 162 valence electrons. The average Bonchev–Trinajstić information content (AvgIpc) is 3.25. The maximum absolute atomic E-state index is 11.4. The summed E-state index contributed by atoms with van der Waals surface area (Å²) in [6, 6.07) is 6.13. The van der Waals surface area contributed by atoms with Crippen molar-refractivity contribution in [3.05, 3.63) is 41.5 Å². The smallest absolute Gasteiger partial charge is 0.305 e. The second-order valence-corrected chi connectivity index (χ2v) is 8.31. The standard InChI is InChI=1S/C25H32O5/c1-4-5-8-16(2)20(26)14-13-18-21(27)15-22-24(18)19-11-6-9-17(25(19)30-22)10-7-12-23(28)29-3/h6,9,11,13-14,16,18,20-22,24,26-27H,7-8,10,12,15H2,1-3H3/b14-13+/t16?,18-,20-,21+,22-,24-/m1/s1. The number of fused-ring (bicyclic) bond motifs is 3. The van der Waals surface area contributed by atoms with Crippen LogP contribution in [0, 0.1) is 23.7 Å².